The molecule has 0 bridgehead atoms. The van der Waals surface area contributed by atoms with Gasteiger partial charge in [0.15, 0.2) is 5.78 Å². The monoisotopic (exact) mass is 1110 g/mol. The second kappa shape index (κ2) is 29.1. The highest BCUT2D eigenvalue weighted by molar-refractivity contribution is 6.35. The lowest BCUT2D eigenvalue weighted by Crippen LogP contribution is -2.62. The van der Waals surface area contributed by atoms with Crippen LogP contribution in [0, 0.1) is 29.6 Å². The third kappa shape index (κ3) is 16.8. The van der Waals surface area contributed by atoms with Crippen LogP contribution in [0.4, 0.5) is 0 Å². The zero-order chi connectivity index (χ0) is 59.3. The number of benzene rings is 1. The summed E-state index contributed by atoms with van der Waals surface area (Å²) < 4.78 is 11.5. The SMILES string of the molecule is CC[C@H](C)[C@H]1NC(=O)[C@@H](NC(=O)[C@@H](CC(C)C)N(C)C(=O)C2CCCN2C(=O)C(C)=O)[C@@H](C)OC(=O)[C@H](Cc2ccc(OC)cc2)N(C)C(=O)[C@@H]2CCCN2C(=O)[C@H](CC(C)C)NC(=O)[C@@H](C)C(=O)[C@H](C(C)C)NC(=O)C[C@@H]1O. The predicted molar refractivity (Wildman–Crippen MR) is 291 cm³/mol. The van der Waals surface area contributed by atoms with Gasteiger partial charge in [0.1, 0.15) is 48.1 Å². The minimum atomic E-state index is -1.76. The number of esters is 1. The summed E-state index contributed by atoms with van der Waals surface area (Å²) in [4.78, 5) is 161. The number of methoxy groups -OCH3 is 1. The number of aliphatic hydroxyl groups excluding tert-OH is 1. The molecule has 0 saturated carbocycles. The summed E-state index contributed by atoms with van der Waals surface area (Å²) in [5.41, 5.74) is 0.571. The van der Waals surface area contributed by atoms with Gasteiger partial charge in [0.05, 0.1) is 37.6 Å². The fraction of sp³-hybridized carbons (Fsp3) is 0.702. The smallest absolute Gasteiger partial charge is 0.329 e. The Morgan fingerprint density at radius 1 is 0.861 bits per heavy atom. The molecule has 3 aliphatic heterocycles. The lowest BCUT2D eigenvalue weighted by molar-refractivity contribution is -0.162. The van der Waals surface area contributed by atoms with E-state index >= 15 is 4.79 Å². The van der Waals surface area contributed by atoms with Gasteiger partial charge in [0, 0.05) is 40.5 Å². The Morgan fingerprint density at radius 2 is 1.49 bits per heavy atom. The molecule has 3 heterocycles. The molecule has 3 saturated heterocycles. The summed E-state index contributed by atoms with van der Waals surface area (Å²) in [6.07, 6.45) is -2.03. The molecule has 0 aliphatic carbocycles. The third-order valence-corrected chi connectivity index (χ3v) is 15.6. The van der Waals surface area contributed by atoms with E-state index in [1.54, 1.807) is 52.0 Å². The summed E-state index contributed by atoms with van der Waals surface area (Å²) in [5.74, 6) is -10.6. The van der Waals surface area contributed by atoms with E-state index in [0.717, 1.165) is 6.92 Å². The van der Waals surface area contributed by atoms with Crippen molar-refractivity contribution in [3.05, 3.63) is 29.8 Å². The Kier molecular flexibility index (Phi) is 24.0. The topological polar surface area (TPSA) is 288 Å². The molecule has 1 aromatic rings. The fourth-order valence-electron chi connectivity index (χ4n) is 10.6. The van der Waals surface area contributed by atoms with Gasteiger partial charge < -0.3 is 55.4 Å². The van der Waals surface area contributed by atoms with Crippen molar-refractivity contribution in [3.63, 3.8) is 0 Å². The number of Topliss-reactive ketones (excluding diaryl/α,β-unsaturated/α-hetero) is 2. The van der Waals surface area contributed by atoms with Crippen LogP contribution in [-0.4, -0.2) is 184 Å². The maximum absolute atomic E-state index is 15.0. The number of carbonyl (C=O) groups excluding carboxylic acids is 11. The number of hydrogen-bond donors (Lipinski definition) is 5. The van der Waals surface area contributed by atoms with Crippen LogP contribution in [0.2, 0.25) is 0 Å². The first-order chi connectivity index (χ1) is 37.0. The number of nitrogens with zero attached hydrogens (tertiary/aromatic N) is 4. The average Bonchev–Trinajstić information content (AvgIpc) is 4.13. The molecule has 79 heavy (non-hydrogen) atoms. The highest BCUT2D eigenvalue weighted by Gasteiger charge is 2.46. The summed E-state index contributed by atoms with van der Waals surface area (Å²) in [5, 5.41) is 22.9. The Labute approximate surface area is 465 Å². The minimum absolute atomic E-state index is 0.0614. The van der Waals surface area contributed by atoms with Gasteiger partial charge in [-0.1, -0.05) is 73.9 Å². The van der Waals surface area contributed by atoms with Crippen LogP contribution in [-0.2, 0) is 63.9 Å². The molecule has 0 aromatic heterocycles. The lowest BCUT2D eigenvalue weighted by Gasteiger charge is -2.36. The number of nitrogens with one attached hydrogen (secondary N) is 4. The maximum Gasteiger partial charge on any atom is 0.329 e. The molecule has 5 N–H and O–H groups in total. The molecule has 1 aromatic carbocycles. The Morgan fingerprint density at radius 3 is 2.06 bits per heavy atom. The van der Waals surface area contributed by atoms with Crippen molar-refractivity contribution in [1.29, 1.82) is 0 Å². The first-order valence-corrected chi connectivity index (χ1v) is 28.0. The quantitative estimate of drug-likeness (QED) is 0.0956. The van der Waals surface area contributed by atoms with Gasteiger partial charge in [-0.05, 0) is 93.7 Å². The molecule has 440 valence electrons. The van der Waals surface area contributed by atoms with Crippen molar-refractivity contribution in [2.45, 2.75) is 194 Å². The second-order valence-corrected chi connectivity index (χ2v) is 22.9. The number of likely N-dealkylation sites (N-methyl/N-ethyl adjacent to an activating group) is 2. The molecule has 3 fully saturated rings. The van der Waals surface area contributed by atoms with E-state index in [4.69, 9.17) is 9.47 Å². The lowest BCUT2D eigenvalue weighted by atomic mass is 9.89. The van der Waals surface area contributed by atoms with Gasteiger partial charge in [0.2, 0.25) is 47.1 Å². The van der Waals surface area contributed by atoms with E-state index in [9.17, 15) is 53.1 Å². The zero-order valence-corrected chi connectivity index (χ0v) is 48.8. The van der Waals surface area contributed by atoms with Crippen molar-refractivity contribution in [1.82, 2.24) is 40.9 Å². The van der Waals surface area contributed by atoms with Crippen molar-refractivity contribution < 1.29 is 67.3 Å². The zero-order valence-electron chi connectivity index (χ0n) is 48.8. The van der Waals surface area contributed by atoms with Crippen LogP contribution in [0.3, 0.4) is 0 Å². The number of cyclic esters (lactones) is 1. The molecule has 3 aliphatic rings. The molecule has 0 spiro atoms. The molecule has 0 radical (unpaired) electrons. The molecule has 4 rings (SSSR count). The van der Waals surface area contributed by atoms with E-state index in [-0.39, 0.29) is 57.0 Å². The second-order valence-electron chi connectivity index (χ2n) is 22.9. The summed E-state index contributed by atoms with van der Waals surface area (Å²) in [6.45, 7) is 18.4. The number of carbonyl (C=O) groups is 11. The number of rotatable bonds is 15. The van der Waals surface area contributed by atoms with Gasteiger partial charge in [-0.3, -0.25) is 47.9 Å². The maximum atomic E-state index is 15.0. The molecular weight excluding hydrogens is 1020 g/mol. The highest BCUT2D eigenvalue weighted by Crippen LogP contribution is 2.27. The van der Waals surface area contributed by atoms with Gasteiger partial charge in [-0.2, -0.15) is 0 Å². The molecular formula is C57H88N8O14. The standard InChI is InChI=1S/C57H88N8O14/c1-15-33(8)47-44(67)29-45(68)59-46(32(6)7)49(69)34(9)50(70)58-39(26-30(2)3)54(74)65-25-17-19-41(65)56(76)63(13)43(28-37-20-22-38(78-14)23-21-37)57(77)79-36(11)48(52(72)60-47)61-51(71)42(27-31(4)5)62(12)55(75)40-18-16-24-64(40)53(73)35(10)66/h20-23,30-34,36,39-44,46-48,67H,15-19,24-29H2,1-14H3,(H,58,70)(H,59,68)(H,60,72)(H,61,71)/t33-,34-,36+,39-,40?,41-,42+,43-,44-,46-,47+,48-/m0/s1. The van der Waals surface area contributed by atoms with E-state index in [1.165, 1.54) is 54.7 Å². The van der Waals surface area contributed by atoms with E-state index in [1.807, 2.05) is 27.7 Å². The fourth-order valence-corrected chi connectivity index (χ4v) is 10.6. The molecule has 22 heteroatoms. The summed E-state index contributed by atoms with van der Waals surface area (Å²) in [6, 6.07) is -3.41. The molecule has 12 atom stereocenters. The number of aliphatic hydroxyl groups is 1. The minimum Gasteiger partial charge on any atom is -0.497 e. The first kappa shape index (κ1) is 65.1. The molecule has 22 nitrogen and oxygen atoms in total. The van der Waals surface area contributed by atoms with Crippen molar-refractivity contribution in [2.75, 3.05) is 34.3 Å². The van der Waals surface area contributed by atoms with Crippen molar-refractivity contribution >= 4 is 64.8 Å². The third-order valence-electron chi connectivity index (χ3n) is 15.6. The Hall–Kier alpha value is -6.45. The number of fused-ring (bicyclic) bond motifs is 1. The summed E-state index contributed by atoms with van der Waals surface area (Å²) in [7, 11) is 4.28. The normalized spacial score (nSPS) is 27.2. The number of ether oxygens (including phenoxy) is 2. The van der Waals surface area contributed by atoms with Crippen molar-refractivity contribution in [3.8, 4) is 5.75 Å². The number of amides is 8. The Balaban J connectivity index is 1.89. The summed E-state index contributed by atoms with van der Waals surface area (Å²) >= 11 is 0. The van der Waals surface area contributed by atoms with E-state index in [0.29, 0.717) is 30.6 Å². The van der Waals surface area contributed by atoms with Gasteiger partial charge in [-0.15, -0.1) is 0 Å². The molecule has 1 unspecified atom stereocenters. The van der Waals surface area contributed by atoms with E-state index in [2.05, 4.69) is 21.3 Å². The predicted octanol–water partition coefficient (Wildman–Crippen LogP) is 2.10. The van der Waals surface area contributed by atoms with Crippen LogP contribution >= 0.6 is 0 Å². The van der Waals surface area contributed by atoms with Crippen LogP contribution in [0.1, 0.15) is 133 Å². The van der Waals surface area contributed by atoms with Gasteiger partial charge in [-0.25, -0.2) is 4.79 Å². The first-order valence-electron chi connectivity index (χ1n) is 28.0. The largest absolute Gasteiger partial charge is 0.497 e. The van der Waals surface area contributed by atoms with Crippen LogP contribution in [0.5, 0.6) is 5.75 Å². The van der Waals surface area contributed by atoms with Crippen LogP contribution < -0.4 is 26.0 Å². The highest BCUT2D eigenvalue weighted by atomic mass is 16.5. The van der Waals surface area contributed by atoms with Crippen LogP contribution in [0.15, 0.2) is 24.3 Å². The number of likely N-dealkylation sites (tertiary alicyclic amines) is 1. The Bertz CT molecular complexity index is 2380. The van der Waals surface area contributed by atoms with Crippen LogP contribution in [0.25, 0.3) is 0 Å². The number of ketones is 2. The molecule has 8 amide bonds. The van der Waals surface area contributed by atoms with Crippen molar-refractivity contribution in [2.24, 2.45) is 29.6 Å². The number of hydrogen-bond acceptors (Lipinski definition) is 14. The average molecular weight is 1110 g/mol. The van der Waals surface area contributed by atoms with E-state index < -0.39 is 150 Å². The van der Waals surface area contributed by atoms with Gasteiger partial charge in [0.25, 0.3) is 5.91 Å². The van der Waals surface area contributed by atoms with Gasteiger partial charge >= 0.3 is 5.97 Å².